The number of halogens is 2. The Labute approximate surface area is 121 Å². The zero-order valence-electron chi connectivity index (χ0n) is 9.94. The van der Waals surface area contributed by atoms with Gasteiger partial charge in [0.1, 0.15) is 0 Å². The number of hydrogen-bond acceptors (Lipinski definition) is 3. The van der Waals surface area contributed by atoms with Crippen LogP contribution >= 0.6 is 23.2 Å². The van der Waals surface area contributed by atoms with Crippen LogP contribution in [0.15, 0.2) is 35.5 Å². The summed E-state index contributed by atoms with van der Waals surface area (Å²) in [7, 11) is -3.33. The lowest BCUT2D eigenvalue weighted by molar-refractivity contribution is 0.593. The summed E-state index contributed by atoms with van der Waals surface area (Å²) in [4.78, 5) is 0.203. The van der Waals surface area contributed by atoms with Crippen LogP contribution in [-0.4, -0.2) is 24.4 Å². The maximum absolute atomic E-state index is 12.1. The molecule has 0 amide bonds. The number of rotatable bonds is 5. The van der Waals surface area contributed by atoms with Crippen molar-refractivity contribution in [2.75, 3.05) is 5.75 Å². The van der Waals surface area contributed by atoms with E-state index in [0.717, 1.165) is 5.56 Å². The molecule has 0 unspecified atom stereocenters. The van der Waals surface area contributed by atoms with Gasteiger partial charge in [0.05, 0.1) is 26.9 Å². The van der Waals surface area contributed by atoms with E-state index in [1.54, 1.807) is 12.4 Å². The van der Waals surface area contributed by atoms with Gasteiger partial charge in [-0.2, -0.15) is 5.10 Å². The summed E-state index contributed by atoms with van der Waals surface area (Å²) in [6, 6.07) is 4.35. The molecule has 1 aromatic carbocycles. The molecule has 7 heteroatoms. The molecule has 1 aromatic heterocycles. The second kappa shape index (κ2) is 5.94. The van der Waals surface area contributed by atoms with Gasteiger partial charge in [0.25, 0.3) is 0 Å². The maximum Gasteiger partial charge on any atom is 0.178 e. The number of nitrogens with zero attached hydrogens (tertiary/aromatic N) is 1. The molecule has 4 nitrogen and oxygen atoms in total. The van der Waals surface area contributed by atoms with Crippen LogP contribution < -0.4 is 0 Å². The van der Waals surface area contributed by atoms with Crippen molar-refractivity contribution in [2.45, 2.75) is 17.7 Å². The molecule has 0 bridgehead atoms. The molecule has 2 rings (SSSR count). The standard InChI is InChI=1S/C12H12Cl2N2O2S/c13-11-4-3-10(6-12(11)14)19(17,18)5-1-2-9-7-15-16-8-9/h3-4,6-8H,1-2,5H2,(H,15,16). The molecule has 0 saturated heterocycles. The van der Waals surface area contributed by atoms with Gasteiger partial charge in [-0.05, 0) is 36.6 Å². The fraction of sp³-hybridized carbons (Fsp3) is 0.250. The van der Waals surface area contributed by atoms with Crippen molar-refractivity contribution in [3.05, 3.63) is 46.2 Å². The van der Waals surface area contributed by atoms with Gasteiger partial charge in [-0.3, -0.25) is 5.10 Å². The zero-order valence-corrected chi connectivity index (χ0v) is 12.3. The molecule has 0 fully saturated rings. The Morgan fingerprint density at radius 2 is 2.00 bits per heavy atom. The van der Waals surface area contributed by atoms with Crippen molar-refractivity contribution >= 4 is 33.0 Å². The predicted octanol–water partition coefficient (Wildman–Crippen LogP) is 3.12. The third-order valence-electron chi connectivity index (χ3n) is 2.68. The van der Waals surface area contributed by atoms with Crippen LogP contribution in [0.2, 0.25) is 10.0 Å². The monoisotopic (exact) mass is 318 g/mol. The largest absolute Gasteiger partial charge is 0.285 e. The number of benzene rings is 1. The summed E-state index contributed by atoms with van der Waals surface area (Å²) in [6.45, 7) is 0. The van der Waals surface area contributed by atoms with Crippen LogP contribution in [0, 0.1) is 0 Å². The summed E-state index contributed by atoms with van der Waals surface area (Å²) in [6.07, 6.45) is 4.64. The zero-order chi connectivity index (χ0) is 13.9. The van der Waals surface area contributed by atoms with Crippen molar-refractivity contribution in [3.8, 4) is 0 Å². The first-order valence-electron chi connectivity index (χ1n) is 5.64. The fourth-order valence-corrected chi connectivity index (χ4v) is 3.36. The fourth-order valence-electron chi connectivity index (χ4n) is 1.67. The Kier molecular flexibility index (Phi) is 4.50. The molecule has 2 aromatic rings. The van der Waals surface area contributed by atoms with Gasteiger partial charge >= 0.3 is 0 Å². The molecule has 1 N–H and O–H groups in total. The minimum Gasteiger partial charge on any atom is -0.285 e. The predicted molar refractivity (Wildman–Crippen MR) is 75.4 cm³/mol. The molecule has 0 saturated carbocycles. The Bertz CT molecular complexity index is 654. The molecule has 0 radical (unpaired) electrons. The highest BCUT2D eigenvalue weighted by Gasteiger charge is 2.15. The van der Waals surface area contributed by atoms with Crippen molar-refractivity contribution in [1.29, 1.82) is 0 Å². The van der Waals surface area contributed by atoms with Crippen molar-refractivity contribution in [2.24, 2.45) is 0 Å². The third-order valence-corrected chi connectivity index (χ3v) is 5.22. The van der Waals surface area contributed by atoms with Gasteiger partial charge in [-0.1, -0.05) is 23.2 Å². The number of sulfone groups is 1. The number of aromatic nitrogens is 2. The second-order valence-electron chi connectivity index (χ2n) is 4.10. The van der Waals surface area contributed by atoms with Gasteiger partial charge in [-0.15, -0.1) is 0 Å². The van der Waals surface area contributed by atoms with E-state index in [4.69, 9.17) is 23.2 Å². The number of aryl methyl sites for hydroxylation is 1. The van der Waals surface area contributed by atoms with Crippen molar-refractivity contribution in [3.63, 3.8) is 0 Å². The minimum atomic E-state index is -3.33. The summed E-state index contributed by atoms with van der Waals surface area (Å²) in [5, 5.41) is 7.10. The quantitative estimate of drug-likeness (QED) is 0.921. The van der Waals surface area contributed by atoms with E-state index in [9.17, 15) is 8.42 Å². The first kappa shape index (κ1) is 14.4. The van der Waals surface area contributed by atoms with Gasteiger partial charge < -0.3 is 0 Å². The Hall–Kier alpha value is -1.04. The Morgan fingerprint density at radius 1 is 1.21 bits per heavy atom. The number of aromatic amines is 1. The average Bonchev–Trinajstić information content (AvgIpc) is 2.85. The van der Waals surface area contributed by atoms with Crippen LogP contribution in [-0.2, 0) is 16.3 Å². The summed E-state index contributed by atoms with van der Waals surface area (Å²) in [5.74, 6) is 0.0656. The number of nitrogens with one attached hydrogen (secondary N) is 1. The Morgan fingerprint density at radius 3 is 2.63 bits per heavy atom. The van der Waals surface area contributed by atoms with E-state index in [-0.39, 0.29) is 15.7 Å². The molecule has 0 atom stereocenters. The first-order valence-corrected chi connectivity index (χ1v) is 8.05. The van der Waals surface area contributed by atoms with Crippen molar-refractivity contribution in [1.82, 2.24) is 10.2 Å². The Balaban J connectivity index is 2.03. The van der Waals surface area contributed by atoms with E-state index in [2.05, 4.69) is 10.2 Å². The number of hydrogen-bond donors (Lipinski definition) is 1. The van der Waals surface area contributed by atoms with Crippen molar-refractivity contribution < 1.29 is 8.42 Å². The van der Waals surface area contributed by atoms with Gasteiger partial charge in [0.2, 0.25) is 0 Å². The van der Waals surface area contributed by atoms with E-state index in [0.29, 0.717) is 17.9 Å². The highest BCUT2D eigenvalue weighted by molar-refractivity contribution is 7.91. The van der Waals surface area contributed by atoms with Gasteiger partial charge in [0, 0.05) is 6.20 Å². The molecule has 19 heavy (non-hydrogen) atoms. The van der Waals surface area contributed by atoms with E-state index in [1.165, 1.54) is 18.2 Å². The minimum absolute atomic E-state index is 0.0656. The topological polar surface area (TPSA) is 62.8 Å². The molecule has 0 aliphatic carbocycles. The molecule has 0 aliphatic heterocycles. The SMILES string of the molecule is O=S(=O)(CCCc1cn[nH]c1)c1ccc(Cl)c(Cl)c1. The molecule has 1 heterocycles. The molecular weight excluding hydrogens is 307 g/mol. The summed E-state index contributed by atoms with van der Waals surface area (Å²) < 4.78 is 24.2. The normalized spacial score (nSPS) is 11.7. The third kappa shape index (κ3) is 3.72. The second-order valence-corrected chi connectivity index (χ2v) is 7.03. The van der Waals surface area contributed by atoms with E-state index in [1.807, 2.05) is 0 Å². The summed E-state index contributed by atoms with van der Waals surface area (Å²) in [5.41, 5.74) is 0.990. The van der Waals surface area contributed by atoms with Gasteiger partial charge in [0.15, 0.2) is 9.84 Å². The average molecular weight is 319 g/mol. The highest BCUT2D eigenvalue weighted by atomic mass is 35.5. The molecule has 0 spiro atoms. The lowest BCUT2D eigenvalue weighted by atomic mass is 10.2. The van der Waals surface area contributed by atoms with Crippen LogP contribution in [0.25, 0.3) is 0 Å². The molecular formula is C12H12Cl2N2O2S. The maximum atomic E-state index is 12.1. The van der Waals surface area contributed by atoms with E-state index < -0.39 is 9.84 Å². The number of H-pyrrole nitrogens is 1. The lowest BCUT2D eigenvalue weighted by Crippen LogP contribution is -2.07. The molecule has 102 valence electrons. The van der Waals surface area contributed by atoms with Crippen LogP contribution in [0.5, 0.6) is 0 Å². The van der Waals surface area contributed by atoms with Gasteiger partial charge in [-0.25, -0.2) is 8.42 Å². The highest BCUT2D eigenvalue weighted by Crippen LogP contribution is 2.25. The van der Waals surface area contributed by atoms with E-state index >= 15 is 0 Å². The molecule has 0 aliphatic rings. The van der Waals surface area contributed by atoms with Crippen LogP contribution in [0.4, 0.5) is 0 Å². The first-order chi connectivity index (χ1) is 8.99. The summed E-state index contributed by atoms with van der Waals surface area (Å²) >= 11 is 11.6. The van der Waals surface area contributed by atoms with Crippen LogP contribution in [0.1, 0.15) is 12.0 Å². The van der Waals surface area contributed by atoms with Crippen LogP contribution in [0.3, 0.4) is 0 Å². The smallest absolute Gasteiger partial charge is 0.178 e. The lowest BCUT2D eigenvalue weighted by Gasteiger charge is -2.05.